The fourth-order valence-corrected chi connectivity index (χ4v) is 4.48. The van der Waals surface area contributed by atoms with Gasteiger partial charge in [0.1, 0.15) is 15.5 Å². The van der Waals surface area contributed by atoms with E-state index in [4.69, 9.17) is 4.74 Å². The maximum Gasteiger partial charge on any atom is 0.348 e. The van der Waals surface area contributed by atoms with Crippen LogP contribution in [0.1, 0.15) is 67.5 Å². The zero-order chi connectivity index (χ0) is 20.4. The topological polar surface area (TPSA) is 95.5 Å². The molecule has 154 valence electrons. The molecule has 1 aliphatic rings. The van der Waals surface area contributed by atoms with Crippen LogP contribution in [0.2, 0.25) is 0 Å². The van der Waals surface area contributed by atoms with E-state index < -0.39 is 5.97 Å². The first-order valence-electron chi connectivity index (χ1n) is 9.95. The quantitative estimate of drug-likeness (QED) is 0.621. The van der Waals surface area contributed by atoms with Crippen LogP contribution in [0.4, 0.5) is 0 Å². The Morgan fingerprint density at radius 1 is 1.43 bits per heavy atom. The molecule has 0 spiro atoms. The zero-order valence-corrected chi connectivity index (χ0v) is 17.8. The molecule has 2 aromatic heterocycles. The molecule has 1 aliphatic carbocycles. The first-order chi connectivity index (χ1) is 13.3. The van der Waals surface area contributed by atoms with Gasteiger partial charge >= 0.3 is 5.97 Å². The third-order valence-corrected chi connectivity index (χ3v) is 6.03. The lowest BCUT2D eigenvalue weighted by molar-refractivity contribution is 0.0383. The molecule has 0 aliphatic heterocycles. The molecular weight excluding hydrogens is 378 g/mol. The highest BCUT2D eigenvalue weighted by molar-refractivity contribution is 7.20. The molecule has 3 rings (SSSR count). The molecule has 1 unspecified atom stereocenters. The van der Waals surface area contributed by atoms with Gasteiger partial charge < -0.3 is 14.8 Å². The van der Waals surface area contributed by atoms with Gasteiger partial charge in [-0.05, 0) is 45.6 Å². The van der Waals surface area contributed by atoms with Crippen molar-refractivity contribution in [3.05, 3.63) is 26.6 Å². The highest BCUT2D eigenvalue weighted by Crippen LogP contribution is 2.30. The minimum Gasteiger partial charge on any atom is -0.459 e. The SMILES string of the molecule is CCCC(O)CN(Cc1nc2sc(C(=O)OC(C)C)c(C)c2c(=O)[nH]1)C1CC1. The lowest BCUT2D eigenvalue weighted by Gasteiger charge is -2.24. The number of aromatic amines is 1. The van der Waals surface area contributed by atoms with E-state index in [-0.39, 0.29) is 17.8 Å². The van der Waals surface area contributed by atoms with E-state index in [0.717, 1.165) is 25.7 Å². The Kier molecular flexibility index (Phi) is 6.52. The standard InChI is InChI=1S/C20H29N3O4S/c1-5-6-14(24)9-23(13-7-8-13)10-15-21-18(25)16-12(4)17(28-19(16)22-15)20(26)27-11(2)3/h11,13-14,24H,5-10H2,1-4H3,(H,21,22,25). The summed E-state index contributed by atoms with van der Waals surface area (Å²) < 4.78 is 5.28. The molecule has 1 fully saturated rings. The number of carbonyl (C=O) groups is 1. The second-order valence-electron chi connectivity index (χ2n) is 7.81. The summed E-state index contributed by atoms with van der Waals surface area (Å²) in [5.41, 5.74) is 0.380. The molecule has 8 heteroatoms. The molecule has 0 aromatic carbocycles. The summed E-state index contributed by atoms with van der Waals surface area (Å²) in [6.07, 6.45) is 3.31. The Labute approximate surface area is 168 Å². The summed E-state index contributed by atoms with van der Waals surface area (Å²) in [6, 6.07) is 0.439. The van der Waals surface area contributed by atoms with Crippen LogP contribution in [0.3, 0.4) is 0 Å². The largest absolute Gasteiger partial charge is 0.459 e. The second kappa shape index (κ2) is 8.71. The summed E-state index contributed by atoms with van der Waals surface area (Å²) >= 11 is 1.20. The fourth-order valence-electron chi connectivity index (χ4n) is 3.40. The van der Waals surface area contributed by atoms with Crippen molar-refractivity contribution in [1.29, 1.82) is 0 Å². The molecule has 28 heavy (non-hydrogen) atoms. The van der Waals surface area contributed by atoms with E-state index in [1.165, 1.54) is 11.3 Å². The Morgan fingerprint density at radius 3 is 2.75 bits per heavy atom. The van der Waals surface area contributed by atoms with E-state index in [1.54, 1.807) is 20.8 Å². The number of carbonyl (C=O) groups excluding carboxylic acids is 1. The third kappa shape index (κ3) is 4.79. The number of rotatable bonds is 9. The molecule has 0 saturated heterocycles. The van der Waals surface area contributed by atoms with E-state index in [1.807, 2.05) is 0 Å². The van der Waals surface area contributed by atoms with Crippen molar-refractivity contribution in [2.24, 2.45) is 0 Å². The van der Waals surface area contributed by atoms with Crippen molar-refractivity contribution < 1.29 is 14.6 Å². The van der Waals surface area contributed by atoms with Crippen LogP contribution < -0.4 is 5.56 Å². The van der Waals surface area contributed by atoms with Gasteiger partial charge in [0.15, 0.2) is 0 Å². The third-order valence-electron chi connectivity index (χ3n) is 4.86. The summed E-state index contributed by atoms with van der Waals surface area (Å²) in [4.78, 5) is 35.6. The molecule has 1 saturated carbocycles. The normalized spacial score (nSPS) is 15.5. The van der Waals surface area contributed by atoms with Crippen molar-refractivity contribution in [3.8, 4) is 0 Å². The van der Waals surface area contributed by atoms with Gasteiger partial charge in [0, 0.05) is 12.6 Å². The molecule has 1 atom stereocenters. The first kappa shape index (κ1) is 21.0. The maximum absolute atomic E-state index is 12.7. The van der Waals surface area contributed by atoms with Gasteiger partial charge in [-0.2, -0.15) is 0 Å². The predicted octanol–water partition coefficient (Wildman–Crippen LogP) is 2.98. The molecule has 0 amide bonds. The van der Waals surface area contributed by atoms with Crippen molar-refractivity contribution in [1.82, 2.24) is 14.9 Å². The monoisotopic (exact) mass is 407 g/mol. The number of aromatic nitrogens is 2. The van der Waals surface area contributed by atoms with Crippen molar-refractivity contribution >= 4 is 27.5 Å². The summed E-state index contributed by atoms with van der Waals surface area (Å²) in [7, 11) is 0. The number of aryl methyl sites for hydroxylation is 1. The summed E-state index contributed by atoms with van der Waals surface area (Å²) in [5.74, 6) is 0.150. The number of esters is 1. The molecule has 0 radical (unpaired) electrons. The van der Waals surface area contributed by atoms with Gasteiger partial charge in [0.25, 0.3) is 5.56 Å². The molecular formula is C20H29N3O4S. The highest BCUT2D eigenvalue weighted by Gasteiger charge is 2.31. The van der Waals surface area contributed by atoms with Crippen LogP contribution in [-0.4, -0.2) is 50.7 Å². The van der Waals surface area contributed by atoms with Crippen LogP contribution in [0.25, 0.3) is 10.2 Å². The van der Waals surface area contributed by atoms with Gasteiger partial charge in [-0.1, -0.05) is 13.3 Å². The summed E-state index contributed by atoms with van der Waals surface area (Å²) in [5, 5.41) is 10.6. The van der Waals surface area contributed by atoms with Crippen molar-refractivity contribution in [3.63, 3.8) is 0 Å². The van der Waals surface area contributed by atoms with Gasteiger partial charge in [0.05, 0.1) is 24.1 Å². The number of aliphatic hydroxyl groups is 1. The Bertz CT molecular complexity index is 901. The Morgan fingerprint density at radius 2 is 2.14 bits per heavy atom. The number of nitrogens with zero attached hydrogens (tertiary/aromatic N) is 2. The molecule has 2 aromatic rings. The van der Waals surface area contributed by atoms with Crippen molar-refractivity contribution in [2.75, 3.05) is 6.54 Å². The second-order valence-corrected chi connectivity index (χ2v) is 8.81. The number of nitrogens with one attached hydrogen (secondary N) is 1. The van der Waals surface area contributed by atoms with Gasteiger partial charge in [-0.3, -0.25) is 9.69 Å². The summed E-state index contributed by atoms with van der Waals surface area (Å²) in [6.45, 7) is 8.46. The number of H-pyrrole nitrogens is 1. The van der Waals surface area contributed by atoms with Crippen LogP contribution in [0.5, 0.6) is 0 Å². The lowest BCUT2D eigenvalue weighted by Crippen LogP contribution is -2.34. The van der Waals surface area contributed by atoms with Crippen LogP contribution >= 0.6 is 11.3 Å². The number of hydrogen-bond acceptors (Lipinski definition) is 7. The maximum atomic E-state index is 12.7. The van der Waals surface area contributed by atoms with Crippen molar-refractivity contribution in [2.45, 2.75) is 78.2 Å². The minimum absolute atomic E-state index is 0.222. The van der Waals surface area contributed by atoms with Gasteiger partial charge in [-0.15, -0.1) is 11.3 Å². The molecule has 7 nitrogen and oxygen atoms in total. The van der Waals surface area contributed by atoms with E-state index in [0.29, 0.717) is 45.6 Å². The van der Waals surface area contributed by atoms with Crippen LogP contribution in [-0.2, 0) is 11.3 Å². The number of fused-ring (bicyclic) bond motifs is 1. The van der Waals surface area contributed by atoms with Gasteiger partial charge in [-0.25, -0.2) is 9.78 Å². The smallest absolute Gasteiger partial charge is 0.348 e. The highest BCUT2D eigenvalue weighted by atomic mass is 32.1. The molecule has 0 bridgehead atoms. The minimum atomic E-state index is -0.418. The van der Waals surface area contributed by atoms with E-state index in [9.17, 15) is 14.7 Å². The Hall–Kier alpha value is -1.77. The average Bonchev–Trinajstić information content (AvgIpc) is 3.38. The number of aliphatic hydroxyl groups excluding tert-OH is 1. The predicted molar refractivity (Wildman–Crippen MR) is 110 cm³/mol. The lowest BCUT2D eigenvalue weighted by atomic mass is 10.2. The fraction of sp³-hybridized carbons (Fsp3) is 0.650. The molecule has 2 N–H and O–H groups in total. The van der Waals surface area contributed by atoms with E-state index in [2.05, 4.69) is 21.8 Å². The first-order valence-corrected chi connectivity index (χ1v) is 10.8. The number of ether oxygens (including phenoxy) is 1. The van der Waals surface area contributed by atoms with Gasteiger partial charge in [0.2, 0.25) is 0 Å². The Balaban J connectivity index is 1.86. The van der Waals surface area contributed by atoms with E-state index >= 15 is 0 Å². The number of hydrogen-bond donors (Lipinski definition) is 2. The zero-order valence-electron chi connectivity index (χ0n) is 16.9. The average molecular weight is 408 g/mol. The van der Waals surface area contributed by atoms with Crippen LogP contribution in [0.15, 0.2) is 4.79 Å². The van der Waals surface area contributed by atoms with Crippen LogP contribution in [0, 0.1) is 6.92 Å². The number of thiophene rings is 1. The molecule has 2 heterocycles.